The Kier molecular flexibility index (Phi) is 3.94. The topological polar surface area (TPSA) is 70.9 Å². The molecule has 0 fully saturated rings. The highest BCUT2D eigenvalue weighted by atomic mass is 35.5. The van der Waals surface area contributed by atoms with Crippen LogP contribution in [-0.2, 0) is 11.8 Å². The van der Waals surface area contributed by atoms with Gasteiger partial charge < -0.3 is 14.7 Å². The van der Waals surface area contributed by atoms with Gasteiger partial charge in [-0.3, -0.25) is 4.79 Å². The number of aryl methyl sites for hydroxylation is 1. The molecule has 0 atom stereocenters. The monoisotopic (exact) mass is 371 g/mol. The summed E-state index contributed by atoms with van der Waals surface area (Å²) in [5, 5.41) is 11.1. The number of imidazole rings is 1. The third-order valence-electron chi connectivity index (χ3n) is 4.08. The van der Waals surface area contributed by atoms with Crippen LogP contribution in [0.5, 0.6) is 0 Å². The molecule has 4 aromatic rings. The van der Waals surface area contributed by atoms with Crippen LogP contribution in [0.15, 0.2) is 47.8 Å². The molecule has 7 heteroatoms. The highest BCUT2D eigenvalue weighted by Gasteiger charge is 2.12. The van der Waals surface area contributed by atoms with Crippen LogP contribution >= 0.6 is 23.4 Å². The lowest BCUT2D eigenvalue weighted by molar-refractivity contribution is -0.133. The minimum Gasteiger partial charge on any atom is -0.481 e. The second-order valence-corrected chi connectivity index (χ2v) is 7.15. The first kappa shape index (κ1) is 16.1. The molecule has 4 rings (SSSR count). The summed E-state index contributed by atoms with van der Waals surface area (Å²) >= 11 is 7.63. The number of aliphatic carboxylic acids is 1. The van der Waals surface area contributed by atoms with Crippen molar-refractivity contribution in [3.05, 3.63) is 47.6 Å². The Bertz CT molecular complexity index is 1120. The summed E-state index contributed by atoms with van der Waals surface area (Å²) in [5.41, 5.74) is 4.64. The number of carboxylic acids is 1. The van der Waals surface area contributed by atoms with Gasteiger partial charge in [0.2, 0.25) is 0 Å². The van der Waals surface area contributed by atoms with Crippen molar-refractivity contribution in [2.45, 2.75) is 5.16 Å². The maximum Gasteiger partial charge on any atom is 0.313 e. The molecule has 0 amide bonds. The van der Waals surface area contributed by atoms with Crippen molar-refractivity contribution >= 4 is 51.3 Å². The molecule has 0 aliphatic heterocycles. The molecule has 0 saturated heterocycles. The fraction of sp³-hybridized carbons (Fsp3) is 0.111. The Morgan fingerprint density at radius 3 is 2.96 bits per heavy atom. The predicted molar refractivity (Wildman–Crippen MR) is 101 cm³/mol. The highest BCUT2D eigenvalue weighted by molar-refractivity contribution is 7.99. The number of H-pyrrole nitrogens is 1. The van der Waals surface area contributed by atoms with E-state index in [9.17, 15) is 4.79 Å². The first-order valence-corrected chi connectivity index (χ1v) is 8.97. The SMILES string of the molecule is Cn1ccc2cc(-c3cc4nc(SCC(=O)O)[nH]c4cc3Cl)ccc21. The second-order valence-electron chi connectivity index (χ2n) is 5.77. The third kappa shape index (κ3) is 2.99. The zero-order valence-electron chi connectivity index (χ0n) is 13.3. The minimum atomic E-state index is -0.875. The number of aromatic nitrogens is 3. The average molecular weight is 372 g/mol. The van der Waals surface area contributed by atoms with E-state index in [1.807, 2.05) is 31.4 Å². The first-order valence-electron chi connectivity index (χ1n) is 7.60. The van der Waals surface area contributed by atoms with E-state index < -0.39 is 5.97 Å². The Balaban J connectivity index is 1.77. The molecular formula is C18H14ClN3O2S. The molecule has 0 spiro atoms. The van der Waals surface area contributed by atoms with Gasteiger partial charge in [0.05, 0.1) is 21.8 Å². The van der Waals surface area contributed by atoms with Crippen molar-refractivity contribution in [3.8, 4) is 11.1 Å². The summed E-state index contributed by atoms with van der Waals surface area (Å²) in [5.74, 6) is -0.911. The van der Waals surface area contributed by atoms with Crippen LogP contribution in [-0.4, -0.2) is 31.4 Å². The molecule has 0 bridgehead atoms. The average Bonchev–Trinajstić information content (AvgIpc) is 3.15. The molecular weight excluding hydrogens is 358 g/mol. The van der Waals surface area contributed by atoms with Gasteiger partial charge in [-0.2, -0.15) is 0 Å². The van der Waals surface area contributed by atoms with Gasteiger partial charge in [-0.15, -0.1) is 0 Å². The molecule has 2 aromatic carbocycles. The zero-order chi connectivity index (χ0) is 17.6. The Hall–Kier alpha value is -2.44. The minimum absolute atomic E-state index is 0.0366. The highest BCUT2D eigenvalue weighted by Crippen LogP contribution is 2.34. The van der Waals surface area contributed by atoms with E-state index in [1.165, 1.54) is 0 Å². The van der Waals surface area contributed by atoms with Crippen molar-refractivity contribution in [2.24, 2.45) is 7.05 Å². The van der Waals surface area contributed by atoms with Crippen LogP contribution in [0.4, 0.5) is 0 Å². The smallest absolute Gasteiger partial charge is 0.313 e. The summed E-state index contributed by atoms with van der Waals surface area (Å²) in [6.07, 6.45) is 2.03. The van der Waals surface area contributed by atoms with E-state index in [2.05, 4.69) is 32.7 Å². The van der Waals surface area contributed by atoms with Crippen molar-refractivity contribution < 1.29 is 9.90 Å². The Morgan fingerprint density at radius 1 is 1.32 bits per heavy atom. The number of halogens is 1. The number of nitrogens with zero attached hydrogens (tertiary/aromatic N) is 2. The lowest BCUT2D eigenvalue weighted by Crippen LogP contribution is -1.97. The number of carboxylic acid groups (broad SMARTS) is 1. The van der Waals surface area contributed by atoms with Gasteiger partial charge in [0, 0.05) is 29.7 Å². The lowest BCUT2D eigenvalue weighted by Gasteiger charge is -2.06. The summed E-state index contributed by atoms with van der Waals surface area (Å²) in [7, 11) is 2.01. The van der Waals surface area contributed by atoms with Gasteiger partial charge in [-0.25, -0.2) is 4.98 Å². The number of hydrogen-bond acceptors (Lipinski definition) is 3. The second kappa shape index (κ2) is 6.13. The van der Waals surface area contributed by atoms with Crippen molar-refractivity contribution in [1.82, 2.24) is 14.5 Å². The maximum absolute atomic E-state index is 10.7. The number of rotatable bonds is 4. The molecule has 2 heterocycles. The molecule has 2 N–H and O–H groups in total. The normalized spacial score (nSPS) is 11.4. The van der Waals surface area contributed by atoms with Crippen molar-refractivity contribution in [1.29, 1.82) is 0 Å². The quantitative estimate of drug-likeness (QED) is 0.516. The van der Waals surface area contributed by atoms with Gasteiger partial charge in [-0.05, 0) is 35.9 Å². The number of nitrogens with one attached hydrogen (secondary N) is 1. The van der Waals surface area contributed by atoms with Crippen LogP contribution in [0.3, 0.4) is 0 Å². The van der Waals surface area contributed by atoms with Gasteiger partial charge in [0.25, 0.3) is 0 Å². The number of hydrogen-bond donors (Lipinski definition) is 2. The standard InChI is InChI=1S/C18H14ClN3O2S/c1-22-5-4-11-6-10(2-3-16(11)22)12-7-14-15(8-13(12)19)21-18(20-14)25-9-17(23)24/h2-8H,9H2,1H3,(H,20,21)(H,23,24). The number of thioether (sulfide) groups is 1. The molecule has 0 radical (unpaired) electrons. The lowest BCUT2D eigenvalue weighted by atomic mass is 10.0. The molecule has 0 unspecified atom stereocenters. The number of carbonyl (C=O) groups is 1. The van der Waals surface area contributed by atoms with Crippen LogP contribution in [0, 0.1) is 0 Å². The van der Waals surface area contributed by atoms with E-state index in [0.29, 0.717) is 10.2 Å². The van der Waals surface area contributed by atoms with Crippen molar-refractivity contribution in [2.75, 3.05) is 5.75 Å². The van der Waals surface area contributed by atoms with E-state index in [0.717, 1.165) is 44.8 Å². The molecule has 126 valence electrons. The van der Waals surface area contributed by atoms with Gasteiger partial charge in [0.1, 0.15) is 0 Å². The Morgan fingerprint density at radius 2 is 2.16 bits per heavy atom. The van der Waals surface area contributed by atoms with E-state index in [-0.39, 0.29) is 5.75 Å². The summed E-state index contributed by atoms with van der Waals surface area (Å²) in [6, 6.07) is 12.1. The largest absolute Gasteiger partial charge is 0.481 e. The summed E-state index contributed by atoms with van der Waals surface area (Å²) in [4.78, 5) is 18.3. The zero-order valence-corrected chi connectivity index (χ0v) is 14.9. The fourth-order valence-electron chi connectivity index (χ4n) is 2.88. The van der Waals surface area contributed by atoms with Gasteiger partial charge in [-0.1, -0.05) is 29.4 Å². The van der Waals surface area contributed by atoms with Gasteiger partial charge in [0.15, 0.2) is 5.16 Å². The van der Waals surface area contributed by atoms with E-state index >= 15 is 0 Å². The number of aromatic amines is 1. The number of benzene rings is 2. The van der Waals surface area contributed by atoms with Crippen LogP contribution in [0.2, 0.25) is 5.02 Å². The van der Waals surface area contributed by atoms with E-state index in [1.54, 1.807) is 0 Å². The Labute approximate surface area is 152 Å². The number of fused-ring (bicyclic) bond motifs is 2. The van der Waals surface area contributed by atoms with Crippen LogP contribution in [0.25, 0.3) is 33.1 Å². The summed E-state index contributed by atoms with van der Waals surface area (Å²) < 4.78 is 2.07. The third-order valence-corrected chi connectivity index (χ3v) is 5.25. The van der Waals surface area contributed by atoms with Crippen molar-refractivity contribution in [3.63, 3.8) is 0 Å². The van der Waals surface area contributed by atoms with Crippen LogP contribution < -0.4 is 0 Å². The van der Waals surface area contributed by atoms with E-state index in [4.69, 9.17) is 16.7 Å². The molecule has 5 nitrogen and oxygen atoms in total. The molecule has 0 saturated carbocycles. The van der Waals surface area contributed by atoms with Gasteiger partial charge >= 0.3 is 5.97 Å². The summed E-state index contributed by atoms with van der Waals surface area (Å²) in [6.45, 7) is 0. The maximum atomic E-state index is 10.7. The molecule has 0 aliphatic rings. The fourth-order valence-corrected chi connectivity index (χ4v) is 3.75. The molecule has 25 heavy (non-hydrogen) atoms. The molecule has 2 aromatic heterocycles. The molecule has 0 aliphatic carbocycles. The first-order chi connectivity index (χ1) is 12.0. The predicted octanol–water partition coefficient (Wildman–Crippen LogP) is 4.55. The van der Waals surface area contributed by atoms with Crippen LogP contribution in [0.1, 0.15) is 0 Å².